The highest BCUT2D eigenvalue weighted by Crippen LogP contribution is 2.23. The molecular weight excluding hydrogens is 366 g/mol. The first-order valence-electron chi connectivity index (χ1n) is 8.59. The Balaban J connectivity index is 1.49. The van der Waals surface area contributed by atoms with Gasteiger partial charge in [-0.3, -0.25) is 9.89 Å². The van der Waals surface area contributed by atoms with Crippen LogP contribution in [-0.4, -0.2) is 49.0 Å². The summed E-state index contributed by atoms with van der Waals surface area (Å²) in [6.45, 7) is 5.50. The highest BCUT2D eigenvalue weighted by Gasteiger charge is 2.20. The lowest BCUT2D eigenvalue weighted by Crippen LogP contribution is -2.51. The molecule has 2 heterocycles. The molecule has 1 aliphatic rings. The molecule has 1 aliphatic heterocycles. The second kappa shape index (κ2) is 9.04. The Bertz CT molecular complexity index is 802. The van der Waals surface area contributed by atoms with E-state index in [2.05, 4.69) is 32.2 Å². The molecule has 26 heavy (non-hydrogen) atoms. The van der Waals surface area contributed by atoms with Gasteiger partial charge in [-0.15, -0.1) is 11.3 Å². The standard InChI is InChI=1S/C19H22ClN5S/c1-22-19(23-13-16-4-2-3-15(11-16)12-21)25-9-7-24(8-10-25)14-17-5-6-18(20)26-17/h2-6,11H,7-10,13-14H2,1H3,(H,22,23). The topological polar surface area (TPSA) is 54.7 Å². The number of nitrogens with one attached hydrogen (secondary N) is 1. The molecule has 7 heteroatoms. The number of thiophene rings is 1. The highest BCUT2D eigenvalue weighted by molar-refractivity contribution is 7.16. The zero-order valence-electron chi connectivity index (χ0n) is 14.8. The predicted octanol–water partition coefficient (Wildman–Crippen LogP) is 3.17. The summed E-state index contributed by atoms with van der Waals surface area (Å²) in [5.74, 6) is 0.908. The number of hydrogen-bond acceptors (Lipinski definition) is 4. The number of nitriles is 1. The van der Waals surface area contributed by atoms with Gasteiger partial charge < -0.3 is 10.2 Å². The van der Waals surface area contributed by atoms with Gasteiger partial charge in [0.1, 0.15) is 0 Å². The van der Waals surface area contributed by atoms with Crippen molar-refractivity contribution >= 4 is 28.9 Å². The quantitative estimate of drug-likeness (QED) is 0.646. The SMILES string of the molecule is CN=C(NCc1cccc(C#N)c1)N1CCN(Cc2ccc(Cl)s2)CC1. The van der Waals surface area contributed by atoms with Gasteiger partial charge >= 0.3 is 0 Å². The third-order valence-corrected chi connectivity index (χ3v) is 5.61. The van der Waals surface area contributed by atoms with Crippen molar-refractivity contribution in [3.8, 4) is 6.07 Å². The van der Waals surface area contributed by atoms with Crippen LogP contribution in [0.15, 0.2) is 41.4 Å². The fraction of sp³-hybridized carbons (Fsp3) is 0.368. The van der Waals surface area contributed by atoms with E-state index in [1.165, 1.54) is 4.88 Å². The molecule has 0 unspecified atom stereocenters. The maximum atomic E-state index is 9.01. The number of aliphatic imine (C=N–C) groups is 1. The van der Waals surface area contributed by atoms with Crippen LogP contribution in [0.25, 0.3) is 0 Å². The zero-order chi connectivity index (χ0) is 18.4. The number of nitrogens with zero attached hydrogens (tertiary/aromatic N) is 4. The molecule has 0 aliphatic carbocycles. The van der Waals surface area contributed by atoms with E-state index in [-0.39, 0.29) is 0 Å². The molecular formula is C19H22ClN5S. The summed E-state index contributed by atoms with van der Waals surface area (Å²) < 4.78 is 0.851. The Hall–Kier alpha value is -2.07. The molecule has 0 amide bonds. The summed E-state index contributed by atoms with van der Waals surface area (Å²) in [6, 6.07) is 13.9. The first kappa shape index (κ1) is 18.7. The van der Waals surface area contributed by atoms with Gasteiger partial charge in [-0.1, -0.05) is 23.7 Å². The molecule has 1 aromatic heterocycles. The molecule has 0 bridgehead atoms. The Morgan fingerprint density at radius 2 is 2.08 bits per heavy atom. The minimum atomic E-state index is 0.663. The van der Waals surface area contributed by atoms with Crippen LogP contribution in [0.1, 0.15) is 16.0 Å². The van der Waals surface area contributed by atoms with Crippen LogP contribution in [0.2, 0.25) is 4.34 Å². The van der Waals surface area contributed by atoms with E-state index < -0.39 is 0 Å². The van der Waals surface area contributed by atoms with Crippen molar-refractivity contribution in [3.05, 3.63) is 56.7 Å². The summed E-state index contributed by atoms with van der Waals surface area (Å²) in [6.07, 6.45) is 0. The van der Waals surface area contributed by atoms with Crippen molar-refractivity contribution in [2.24, 2.45) is 4.99 Å². The summed E-state index contributed by atoms with van der Waals surface area (Å²) in [4.78, 5) is 10.5. The maximum Gasteiger partial charge on any atom is 0.194 e. The second-order valence-corrected chi connectivity index (χ2v) is 7.98. The molecule has 0 atom stereocenters. The van der Waals surface area contributed by atoms with E-state index in [4.69, 9.17) is 16.9 Å². The van der Waals surface area contributed by atoms with Gasteiger partial charge in [-0.05, 0) is 29.8 Å². The van der Waals surface area contributed by atoms with E-state index >= 15 is 0 Å². The predicted molar refractivity (Wildman–Crippen MR) is 108 cm³/mol. The number of benzene rings is 1. The second-order valence-electron chi connectivity index (χ2n) is 6.18. The first-order chi connectivity index (χ1) is 12.7. The molecule has 0 spiro atoms. The van der Waals surface area contributed by atoms with Gasteiger partial charge in [-0.25, -0.2) is 0 Å². The molecule has 1 aromatic carbocycles. The minimum Gasteiger partial charge on any atom is -0.352 e. The van der Waals surface area contributed by atoms with Crippen LogP contribution in [0.4, 0.5) is 0 Å². The lowest BCUT2D eigenvalue weighted by Gasteiger charge is -2.36. The molecule has 3 rings (SSSR count). The molecule has 2 aromatic rings. The number of halogens is 1. The van der Waals surface area contributed by atoms with E-state index in [0.29, 0.717) is 12.1 Å². The number of hydrogen-bond donors (Lipinski definition) is 1. The lowest BCUT2D eigenvalue weighted by atomic mass is 10.1. The van der Waals surface area contributed by atoms with Gasteiger partial charge in [0.05, 0.1) is 16.0 Å². The average molecular weight is 388 g/mol. The molecule has 5 nitrogen and oxygen atoms in total. The zero-order valence-corrected chi connectivity index (χ0v) is 16.4. The van der Waals surface area contributed by atoms with Crippen molar-refractivity contribution in [2.45, 2.75) is 13.1 Å². The molecule has 1 N–H and O–H groups in total. The van der Waals surface area contributed by atoms with Crippen LogP contribution in [0, 0.1) is 11.3 Å². The normalized spacial score (nSPS) is 15.7. The number of piperazine rings is 1. The van der Waals surface area contributed by atoms with Gasteiger partial charge in [0.2, 0.25) is 0 Å². The molecule has 1 fully saturated rings. The van der Waals surface area contributed by atoms with Crippen LogP contribution in [0.5, 0.6) is 0 Å². The van der Waals surface area contributed by atoms with E-state index in [9.17, 15) is 0 Å². The van der Waals surface area contributed by atoms with Crippen molar-refractivity contribution in [2.75, 3.05) is 33.2 Å². The van der Waals surface area contributed by atoms with Crippen LogP contribution in [-0.2, 0) is 13.1 Å². The fourth-order valence-electron chi connectivity index (χ4n) is 3.04. The fourth-order valence-corrected chi connectivity index (χ4v) is 4.17. The maximum absolute atomic E-state index is 9.01. The van der Waals surface area contributed by atoms with Crippen LogP contribution in [0.3, 0.4) is 0 Å². The number of rotatable bonds is 4. The molecule has 0 radical (unpaired) electrons. The molecule has 1 saturated heterocycles. The van der Waals surface area contributed by atoms with Crippen molar-refractivity contribution in [1.82, 2.24) is 15.1 Å². The third-order valence-electron chi connectivity index (χ3n) is 4.40. The largest absolute Gasteiger partial charge is 0.352 e. The monoisotopic (exact) mass is 387 g/mol. The lowest BCUT2D eigenvalue weighted by molar-refractivity contribution is 0.173. The Labute approximate surface area is 163 Å². The first-order valence-corrected chi connectivity index (χ1v) is 9.78. The summed E-state index contributed by atoms with van der Waals surface area (Å²) in [5, 5.41) is 12.4. The minimum absolute atomic E-state index is 0.663. The Morgan fingerprint density at radius 3 is 2.73 bits per heavy atom. The van der Waals surface area contributed by atoms with Crippen LogP contribution >= 0.6 is 22.9 Å². The Morgan fingerprint density at radius 1 is 1.27 bits per heavy atom. The van der Waals surface area contributed by atoms with E-state index in [0.717, 1.165) is 48.6 Å². The van der Waals surface area contributed by atoms with Gasteiger partial charge in [0.15, 0.2) is 5.96 Å². The van der Waals surface area contributed by atoms with Gasteiger partial charge in [0, 0.05) is 51.2 Å². The Kier molecular flexibility index (Phi) is 6.51. The van der Waals surface area contributed by atoms with Gasteiger partial charge in [-0.2, -0.15) is 5.26 Å². The summed E-state index contributed by atoms with van der Waals surface area (Å²) in [7, 11) is 1.81. The van der Waals surface area contributed by atoms with Crippen molar-refractivity contribution < 1.29 is 0 Å². The van der Waals surface area contributed by atoms with Crippen molar-refractivity contribution in [1.29, 1.82) is 5.26 Å². The van der Waals surface area contributed by atoms with E-state index in [1.807, 2.05) is 37.4 Å². The van der Waals surface area contributed by atoms with Crippen LogP contribution < -0.4 is 5.32 Å². The van der Waals surface area contributed by atoms with E-state index in [1.54, 1.807) is 11.3 Å². The highest BCUT2D eigenvalue weighted by atomic mass is 35.5. The smallest absolute Gasteiger partial charge is 0.194 e. The summed E-state index contributed by atoms with van der Waals surface area (Å²) in [5.41, 5.74) is 1.76. The third kappa shape index (κ3) is 4.98. The molecule has 0 saturated carbocycles. The molecule has 136 valence electrons. The average Bonchev–Trinajstić information content (AvgIpc) is 3.08. The summed E-state index contributed by atoms with van der Waals surface area (Å²) >= 11 is 7.67. The van der Waals surface area contributed by atoms with Crippen molar-refractivity contribution in [3.63, 3.8) is 0 Å². The van der Waals surface area contributed by atoms with Gasteiger partial charge in [0.25, 0.3) is 0 Å². The number of guanidine groups is 1.